The summed E-state index contributed by atoms with van der Waals surface area (Å²) in [6.45, 7) is 4.70. The summed E-state index contributed by atoms with van der Waals surface area (Å²) < 4.78 is 0. The van der Waals surface area contributed by atoms with E-state index < -0.39 is 6.04 Å². The summed E-state index contributed by atoms with van der Waals surface area (Å²) in [5, 5.41) is 9.01. The van der Waals surface area contributed by atoms with Crippen molar-refractivity contribution in [1.82, 2.24) is 10.6 Å². The number of carbonyl (C=O) groups is 2. The smallest absolute Gasteiger partial charge is 0.319 e. The summed E-state index contributed by atoms with van der Waals surface area (Å²) in [5.74, 6) is -0.126. The largest absolute Gasteiger partial charge is 0.354 e. The van der Waals surface area contributed by atoms with Crippen molar-refractivity contribution in [3.63, 3.8) is 0 Å². The molecule has 1 fully saturated rings. The molecule has 1 aliphatic heterocycles. The first-order valence-corrected chi connectivity index (χ1v) is 8.10. The zero-order valence-electron chi connectivity index (χ0n) is 13.0. The second kappa shape index (κ2) is 7.49. The number of nitrogens with one attached hydrogen (secondary N) is 3. The predicted octanol–water partition coefficient (Wildman–Crippen LogP) is 2.86. The summed E-state index contributed by atoms with van der Waals surface area (Å²) in [7, 11) is 0. The maximum absolute atomic E-state index is 12.2. The van der Waals surface area contributed by atoms with Gasteiger partial charge in [-0.3, -0.25) is 4.79 Å². The molecule has 0 unspecified atom stereocenters. The molecule has 0 spiro atoms. The van der Waals surface area contributed by atoms with Crippen LogP contribution < -0.4 is 16.0 Å². The van der Waals surface area contributed by atoms with Crippen LogP contribution >= 0.6 is 11.6 Å². The number of benzene rings is 1. The zero-order valence-corrected chi connectivity index (χ0v) is 13.7. The van der Waals surface area contributed by atoms with Crippen molar-refractivity contribution in [2.45, 2.75) is 45.6 Å². The summed E-state index contributed by atoms with van der Waals surface area (Å²) >= 11 is 6.22. The Bertz CT molecular complexity index is 575. The highest BCUT2D eigenvalue weighted by molar-refractivity contribution is 6.32. The highest BCUT2D eigenvalue weighted by Crippen LogP contribution is 2.29. The van der Waals surface area contributed by atoms with E-state index in [2.05, 4.69) is 16.0 Å². The van der Waals surface area contributed by atoms with Gasteiger partial charge in [-0.25, -0.2) is 4.79 Å². The minimum absolute atomic E-state index is 0.126. The Morgan fingerprint density at radius 2 is 2.14 bits per heavy atom. The van der Waals surface area contributed by atoms with Gasteiger partial charge in [-0.15, -0.1) is 0 Å². The molecular formula is C16H22ClN3O2. The lowest BCUT2D eigenvalue weighted by Gasteiger charge is -2.23. The molecule has 6 heteroatoms. The van der Waals surface area contributed by atoms with Crippen molar-refractivity contribution < 1.29 is 9.59 Å². The molecular weight excluding hydrogens is 302 g/mol. The monoisotopic (exact) mass is 323 g/mol. The highest BCUT2D eigenvalue weighted by atomic mass is 35.5. The van der Waals surface area contributed by atoms with Crippen LogP contribution in [0.2, 0.25) is 5.02 Å². The van der Waals surface area contributed by atoms with Gasteiger partial charge in [-0.2, -0.15) is 0 Å². The first kappa shape index (κ1) is 16.6. The third kappa shape index (κ3) is 3.71. The van der Waals surface area contributed by atoms with Gasteiger partial charge in [0.25, 0.3) is 0 Å². The molecule has 1 aliphatic rings. The molecule has 22 heavy (non-hydrogen) atoms. The summed E-state index contributed by atoms with van der Waals surface area (Å²) in [4.78, 5) is 23.9. The van der Waals surface area contributed by atoms with Crippen LogP contribution in [0.4, 0.5) is 10.5 Å². The van der Waals surface area contributed by atoms with Crippen LogP contribution in [0, 0.1) is 0 Å². The topological polar surface area (TPSA) is 70.2 Å². The molecule has 1 aromatic carbocycles. The lowest BCUT2D eigenvalue weighted by Crippen LogP contribution is -2.51. The van der Waals surface area contributed by atoms with Crippen LogP contribution in [-0.4, -0.2) is 24.5 Å². The Balaban J connectivity index is 2.13. The SMILES string of the molecule is CCc1ccc(Cl)c(CC)c1NC(=O)N[C@H]1CCCNC1=O. The van der Waals surface area contributed by atoms with Gasteiger partial charge >= 0.3 is 6.03 Å². The summed E-state index contributed by atoms with van der Waals surface area (Å²) in [6, 6.07) is 2.94. The van der Waals surface area contributed by atoms with Crippen LogP contribution in [0.15, 0.2) is 12.1 Å². The van der Waals surface area contributed by atoms with Crippen molar-refractivity contribution in [3.05, 3.63) is 28.3 Å². The second-order valence-electron chi connectivity index (χ2n) is 5.35. The standard InChI is InChI=1S/C16H22ClN3O2/c1-3-10-7-8-12(17)11(4-2)14(10)20-16(22)19-13-6-5-9-18-15(13)21/h7-8,13H,3-6,9H2,1-2H3,(H,18,21)(H2,19,20,22)/t13-/m0/s1. The highest BCUT2D eigenvalue weighted by Gasteiger charge is 2.24. The molecule has 0 aromatic heterocycles. The Hall–Kier alpha value is -1.75. The van der Waals surface area contributed by atoms with Gasteiger partial charge < -0.3 is 16.0 Å². The van der Waals surface area contributed by atoms with Gasteiger partial charge in [0, 0.05) is 11.6 Å². The minimum Gasteiger partial charge on any atom is -0.354 e. The number of aryl methyl sites for hydroxylation is 1. The third-order valence-electron chi connectivity index (χ3n) is 3.91. The Kier molecular flexibility index (Phi) is 5.66. The van der Waals surface area contributed by atoms with E-state index >= 15 is 0 Å². The van der Waals surface area contributed by atoms with Crippen LogP contribution in [0.1, 0.15) is 37.8 Å². The molecule has 0 aliphatic carbocycles. The zero-order chi connectivity index (χ0) is 16.1. The predicted molar refractivity (Wildman–Crippen MR) is 88.4 cm³/mol. The van der Waals surface area contributed by atoms with Crippen LogP contribution in [-0.2, 0) is 17.6 Å². The maximum Gasteiger partial charge on any atom is 0.319 e. The third-order valence-corrected chi connectivity index (χ3v) is 4.26. The van der Waals surface area contributed by atoms with Gasteiger partial charge in [0.1, 0.15) is 6.04 Å². The van der Waals surface area contributed by atoms with E-state index in [0.717, 1.165) is 36.1 Å². The summed E-state index contributed by atoms with van der Waals surface area (Å²) in [6.07, 6.45) is 3.06. The number of carbonyl (C=O) groups excluding carboxylic acids is 2. The molecule has 1 saturated heterocycles. The number of urea groups is 1. The van der Waals surface area contributed by atoms with E-state index in [0.29, 0.717) is 18.0 Å². The number of hydrogen-bond acceptors (Lipinski definition) is 2. The lowest BCUT2D eigenvalue weighted by molar-refractivity contribution is -0.124. The molecule has 5 nitrogen and oxygen atoms in total. The van der Waals surface area contributed by atoms with Crippen molar-refractivity contribution >= 4 is 29.2 Å². The second-order valence-corrected chi connectivity index (χ2v) is 5.76. The molecule has 1 aromatic rings. The van der Waals surface area contributed by atoms with Gasteiger partial charge in [0.2, 0.25) is 5.91 Å². The maximum atomic E-state index is 12.2. The fraction of sp³-hybridized carbons (Fsp3) is 0.500. The van der Waals surface area contributed by atoms with Gasteiger partial charge in [0.05, 0.1) is 5.69 Å². The number of rotatable bonds is 4. The molecule has 0 saturated carbocycles. The molecule has 1 heterocycles. The quantitative estimate of drug-likeness (QED) is 0.797. The molecule has 3 N–H and O–H groups in total. The van der Waals surface area contributed by atoms with Crippen LogP contribution in [0.3, 0.4) is 0 Å². The fourth-order valence-electron chi connectivity index (χ4n) is 2.68. The minimum atomic E-state index is -0.469. The van der Waals surface area contributed by atoms with Gasteiger partial charge in [-0.05, 0) is 42.9 Å². The Morgan fingerprint density at radius 3 is 2.77 bits per heavy atom. The van der Waals surface area contributed by atoms with Crippen molar-refractivity contribution in [2.75, 3.05) is 11.9 Å². The van der Waals surface area contributed by atoms with Crippen LogP contribution in [0.5, 0.6) is 0 Å². The molecule has 3 amide bonds. The van der Waals surface area contributed by atoms with Gasteiger partial charge in [-0.1, -0.05) is 31.5 Å². The van der Waals surface area contributed by atoms with Crippen molar-refractivity contribution in [2.24, 2.45) is 0 Å². The average molecular weight is 324 g/mol. The van der Waals surface area contributed by atoms with Crippen molar-refractivity contribution in [1.29, 1.82) is 0 Å². The molecule has 0 radical (unpaired) electrons. The number of anilines is 1. The summed E-state index contributed by atoms with van der Waals surface area (Å²) in [5.41, 5.74) is 2.71. The molecule has 1 atom stereocenters. The first-order chi connectivity index (χ1) is 10.6. The van der Waals surface area contributed by atoms with E-state index in [9.17, 15) is 9.59 Å². The lowest BCUT2D eigenvalue weighted by atomic mass is 10.0. The van der Waals surface area contributed by atoms with E-state index in [1.165, 1.54) is 0 Å². The number of hydrogen-bond donors (Lipinski definition) is 3. The molecule has 0 bridgehead atoms. The number of amides is 3. The Labute approximate surface area is 135 Å². The Morgan fingerprint density at radius 1 is 1.36 bits per heavy atom. The first-order valence-electron chi connectivity index (χ1n) is 7.72. The molecule has 120 valence electrons. The number of piperidine rings is 1. The van der Waals surface area contributed by atoms with E-state index in [1.54, 1.807) is 0 Å². The van der Waals surface area contributed by atoms with E-state index in [-0.39, 0.29) is 11.9 Å². The normalized spacial score (nSPS) is 17.8. The number of halogens is 1. The molecule has 2 rings (SSSR count). The average Bonchev–Trinajstić information content (AvgIpc) is 2.50. The van der Waals surface area contributed by atoms with Crippen molar-refractivity contribution in [3.8, 4) is 0 Å². The van der Waals surface area contributed by atoms with Crippen LogP contribution in [0.25, 0.3) is 0 Å². The van der Waals surface area contributed by atoms with E-state index in [4.69, 9.17) is 11.6 Å². The fourth-order valence-corrected chi connectivity index (χ4v) is 2.98. The van der Waals surface area contributed by atoms with Gasteiger partial charge in [0.15, 0.2) is 0 Å². The van der Waals surface area contributed by atoms with E-state index in [1.807, 2.05) is 26.0 Å².